The van der Waals surface area contributed by atoms with Gasteiger partial charge in [-0.2, -0.15) is 0 Å². The smallest absolute Gasteiger partial charge is 0.151 e. The minimum Gasteiger partial charge on any atom is -0.389 e. The van der Waals surface area contributed by atoms with Gasteiger partial charge in [-0.3, -0.25) is 9.69 Å². The summed E-state index contributed by atoms with van der Waals surface area (Å²) in [5.74, 6) is 0.159. The van der Waals surface area contributed by atoms with Crippen molar-refractivity contribution in [1.29, 1.82) is 0 Å². The van der Waals surface area contributed by atoms with E-state index in [0.717, 1.165) is 33.3 Å². The molecule has 1 N–H and O–H groups in total. The number of hydrogen-bond acceptors (Lipinski definition) is 3. The van der Waals surface area contributed by atoms with Gasteiger partial charge in [0.05, 0.1) is 17.8 Å². The molecule has 1 fully saturated rings. The molecule has 4 nitrogen and oxygen atoms in total. The van der Waals surface area contributed by atoms with E-state index in [0.29, 0.717) is 55.4 Å². The molecule has 1 aliphatic rings. The van der Waals surface area contributed by atoms with Crippen LogP contribution >= 0.6 is 23.2 Å². The van der Waals surface area contributed by atoms with E-state index in [1.54, 1.807) is 0 Å². The average Bonchev–Trinajstić information content (AvgIpc) is 3.12. The lowest BCUT2D eigenvalue weighted by atomic mass is 9.85. The zero-order valence-corrected chi connectivity index (χ0v) is 21.9. The molecule has 6 heteroatoms. The second-order valence-electron chi connectivity index (χ2n) is 9.93. The zero-order chi connectivity index (χ0) is 25.3. The Morgan fingerprint density at radius 1 is 0.944 bits per heavy atom. The quantitative estimate of drug-likeness (QED) is 0.309. The Morgan fingerprint density at radius 3 is 2.31 bits per heavy atom. The van der Waals surface area contributed by atoms with Crippen LogP contribution < -0.4 is 0 Å². The lowest BCUT2D eigenvalue weighted by Crippen LogP contribution is -2.47. The summed E-state index contributed by atoms with van der Waals surface area (Å²) in [6, 6.07) is 23.7. The number of aryl methyl sites for hydroxylation is 1. The van der Waals surface area contributed by atoms with E-state index in [9.17, 15) is 9.90 Å². The van der Waals surface area contributed by atoms with Gasteiger partial charge in [-0.05, 0) is 59.9 Å². The Hall–Kier alpha value is -2.63. The topological polar surface area (TPSA) is 45.5 Å². The molecule has 1 aliphatic heterocycles. The molecule has 5 rings (SSSR count). The number of carbonyl (C=O) groups is 1. The summed E-state index contributed by atoms with van der Waals surface area (Å²) in [5.41, 5.74) is 4.48. The van der Waals surface area contributed by atoms with Crippen molar-refractivity contribution in [1.82, 2.24) is 9.47 Å². The van der Waals surface area contributed by atoms with E-state index in [4.69, 9.17) is 23.2 Å². The van der Waals surface area contributed by atoms with Crippen molar-refractivity contribution in [3.63, 3.8) is 0 Å². The maximum Gasteiger partial charge on any atom is 0.151 e. The van der Waals surface area contributed by atoms with E-state index < -0.39 is 5.60 Å². The largest absolute Gasteiger partial charge is 0.389 e. The Labute approximate surface area is 222 Å². The number of aliphatic hydroxyl groups is 1. The van der Waals surface area contributed by atoms with Gasteiger partial charge >= 0.3 is 0 Å². The van der Waals surface area contributed by atoms with Crippen molar-refractivity contribution in [2.24, 2.45) is 7.05 Å². The van der Waals surface area contributed by atoms with Crippen LogP contribution in [0.1, 0.15) is 24.0 Å². The van der Waals surface area contributed by atoms with Crippen LogP contribution in [0.4, 0.5) is 0 Å². The molecule has 1 aromatic heterocycles. The molecule has 0 saturated carbocycles. The van der Waals surface area contributed by atoms with Gasteiger partial charge in [0, 0.05) is 53.9 Å². The number of ketones is 1. The van der Waals surface area contributed by atoms with Crippen molar-refractivity contribution in [2.45, 2.75) is 31.3 Å². The first-order valence-electron chi connectivity index (χ1n) is 12.3. The van der Waals surface area contributed by atoms with Crippen LogP contribution in [0.25, 0.3) is 22.2 Å². The average molecular weight is 521 g/mol. The summed E-state index contributed by atoms with van der Waals surface area (Å²) in [7, 11) is 2.02. The highest BCUT2D eigenvalue weighted by Gasteiger charge is 2.33. The first-order valence-corrected chi connectivity index (χ1v) is 13.1. The van der Waals surface area contributed by atoms with Crippen molar-refractivity contribution in [3.8, 4) is 11.3 Å². The van der Waals surface area contributed by atoms with E-state index in [1.165, 1.54) is 0 Å². The highest BCUT2D eigenvalue weighted by atomic mass is 35.5. The summed E-state index contributed by atoms with van der Waals surface area (Å²) >= 11 is 12.5. The molecule has 36 heavy (non-hydrogen) atoms. The molecule has 0 radical (unpaired) electrons. The second kappa shape index (κ2) is 10.4. The molecule has 3 aromatic carbocycles. The number of benzene rings is 3. The fraction of sp³-hybridized carbons (Fsp3) is 0.300. The summed E-state index contributed by atoms with van der Waals surface area (Å²) in [6.07, 6.45) is 2.29. The van der Waals surface area contributed by atoms with Crippen LogP contribution in [0.3, 0.4) is 0 Å². The van der Waals surface area contributed by atoms with Gasteiger partial charge < -0.3 is 9.67 Å². The number of Topliss-reactive ketones (excluding diaryl/α,β-unsaturated/α-hetero) is 1. The van der Waals surface area contributed by atoms with Gasteiger partial charge in [-0.15, -0.1) is 0 Å². The Bertz CT molecular complexity index is 1370. The number of aromatic nitrogens is 1. The lowest BCUT2D eigenvalue weighted by molar-refractivity contribution is -0.120. The van der Waals surface area contributed by atoms with Gasteiger partial charge in [0.25, 0.3) is 0 Å². The van der Waals surface area contributed by atoms with Gasteiger partial charge in [0.2, 0.25) is 0 Å². The Balaban J connectivity index is 1.32. The van der Waals surface area contributed by atoms with Gasteiger partial charge in [-0.1, -0.05) is 65.7 Å². The molecule has 0 atom stereocenters. The van der Waals surface area contributed by atoms with Gasteiger partial charge in [0.1, 0.15) is 0 Å². The molecule has 0 unspecified atom stereocenters. The summed E-state index contributed by atoms with van der Waals surface area (Å²) in [5, 5.41) is 13.4. The maximum atomic E-state index is 13.3. The lowest BCUT2D eigenvalue weighted by Gasteiger charge is -2.38. The SMILES string of the molecule is Cn1c(-c2ccc(Cl)cc2)c(CC(=O)CN2CCC(O)(Cc3ccccc3)CC2)c2cc(Cl)ccc21. The van der Waals surface area contributed by atoms with Gasteiger partial charge in [0.15, 0.2) is 5.78 Å². The number of halogens is 2. The third-order valence-electron chi connectivity index (χ3n) is 7.32. The molecule has 0 amide bonds. The van der Waals surface area contributed by atoms with Crippen LogP contribution in [-0.2, 0) is 24.7 Å². The summed E-state index contributed by atoms with van der Waals surface area (Å²) < 4.78 is 2.13. The first kappa shape index (κ1) is 25.0. The fourth-order valence-electron chi connectivity index (χ4n) is 5.43. The summed E-state index contributed by atoms with van der Waals surface area (Å²) in [4.78, 5) is 15.5. The highest BCUT2D eigenvalue weighted by molar-refractivity contribution is 6.31. The molecular weight excluding hydrogens is 491 g/mol. The second-order valence-corrected chi connectivity index (χ2v) is 10.8. The van der Waals surface area contributed by atoms with Crippen molar-refractivity contribution < 1.29 is 9.90 Å². The Morgan fingerprint density at radius 2 is 1.61 bits per heavy atom. The van der Waals surface area contributed by atoms with E-state index in [1.807, 2.05) is 67.7 Å². The van der Waals surface area contributed by atoms with Crippen LogP contribution in [0.2, 0.25) is 10.0 Å². The normalized spacial score (nSPS) is 15.9. The summed E-state index contributed by atoms with van der Waals surface area (Å²) in [6.45, 7) is 1.79. The molecule has 0 spiro atoms. The fourth-order valence-corrected chi connectivity index (χ4v) is 5.73. The third-order valence-corrected chi connectivity index (χ3v) is 7.81. The molecule has 186 valence electrons. The standard InChI is InChI=1S/C30H30Cl2N2O2/c1-33-28-12-11-24(32)17-26(28)27(29(33)22-7-9-23(31)10-8-22)18-25(35)20-34-15-13-30(36,14-16-34)19-21-5-3-2-4-6-21/h2-12,17,36H,13-16,18-20H2,1H3. The zero-order valence-electron chi connectivity index (χ0n) is 20.4. The van der Waals surface area contributed by atoms with Crippen LogP contribution in [0.5, 0.6) is 0 Å². The molecular formula is C30H30Cl2N2O2. The minimum atomic E-state index is -0.713. The van der Waals surface area contributed by atoms with Crippen molar-refractivity contribution >= 4 is 39.9 Å². The van der Waals surface area contributed by atoms with Crippen molar-refractivity contribution in [2.75, 3.05) is 19.6 Å². The number of rotatable bonds is 7. The van der Waals surface area contributed by atoms with E-state index in [-0.39, 0.29) is 5.78 Å². The number of hydrogen-bond donors (Lipinski definition) is 1. The number of carbonyl (C=O) groups excluding carboxylic acids is 1. The highest BCUT2D eigenvalue weighted by Crippen LogP contribution is 2.35. The maximum absolute atomic E-state index is 13.3. The van der Waals surface area contributed by atoms with Crippen molar-refractivity contribution in [3.05, 3.63) is 94.0 Å². The third kappa shape index (κ3) is 5.37. The number of piperidine rings is 1. The van der Waals surface area contributed by atoms with E-state index in [2.05, 4.69) is 21.6 Å². The number of fused-ring (bicyclic) bond motifs is 1. The van der Waals surface area contributed by atoms with Gasteiger partial charge in [-0.25, -0.2) is 0 Å². The predicted octanol–water partition coefficient (Wildman–Crippen LogP) is 6.33. The monoisotopic (exact) mass is 520 g/mol. The Kier molecular flexibility index (Phi) is 7.23. The predicted molar refractivity (Wildman–Crippen MR) is 148 cm³/mol. The first-order chi connectivity index (χ1) is 17.3. The molecule has 2 heterocycles. The number of likely N-dealkylation sites (tertiary alicyclic amines) is 1. The molecule has 0 bridgehead atoms. The van der Waals surface area contributed by atoms with Crippen LogP contribution in [0, 0.1) is 0 Å². The minimum absolute atomic E-state index is 0.159. The molecule has 4 aromatic rings. The molecule has 1 saturated heterocycles. The molecule has 0 aliphatic carbocycles. The number of nitrogens with zero attached hydrogens (tertiary/aromatic N) is 2. The van der Waals surface area contributed by atoms with Crippen LogP contribution in [0.15, 0.2) is 72.8 Å². The van der Waals surface area contributed by atoms with Crippen LogP contribution in [-0.4, -0.2) is 45.6 Å². The van der Waals surface area contributed by atoms with E-state index >= 15 is 0 Å².